The molecule has 0 amide bonds. The summed E-state index contributed by atoms with van der Waals surface area (Å²) in [6.45, 7) is 8.74. The van der Waals surface area contributed by atoms with E-state index in [-0.39, 0.29) is 16.9 Å². The molecule has 1 N–H and O–H groups in total. The zero-order valence-electron chi connectivity index (χ0n) is 21.9. The first-order valence-electron chi connectivity index (χ1n) is 12.3. The van der Waals surface area contributed by atoms with Gasteiger partial charge in [-0.2, -0.15) is 5.26 Å². The number of rotatable bonds is 7. The van der Waals surface area contributed by atoms with Crippen LogP contribution in [0.1, 0.15) is 62.9 Å². The molecule has 4 rings (SSSR count). The summed E-state index contributed by atoms with van der Waals surface area (Å²) in [7, 11) is 1.54. The topological polar surface area (TPSA) is 84.2 Å². The lowest BCUT2D eigenvalue weighted by Gasteiger charge is -2.46. The highest BCUT2D eigenvalue weighted by Crippen LogP contribution is 2.38. The molecule has 0 saturated carbocycles. The van der Waals surface area contributed by atoms with Gasteiger partial charge in [-0.15, -0.1) is 0 Å². The average molecular weight is 518 g/mol. The molecule has 0 radical (unpaired) electrons. The smallest absolute Gasteiger partial charge is 0.213 e. The predicted octanol–water partition coefficient (Wildman–Crippen LogP) is 7.20. The van der Waals surface area contributed by atoms with Crippen LogP contribution in [0.4, 0.5) is 0 Å². The van der Waals surface area contributed by atoms with Gasteiger partial charge in [0.1, 0.15) is 23.1 Å². The molecule has 37 heavy (non-hydrogen) atoms. The number of hydrogen-bond acceptors (Lipinski definition) is 6. The number of benzene rings is 2. The van der Waals surface area contributed by atoms with E-state index >= 15 is 0 Å². The number of piperidine rings is 1. The van der Waals surface area contributed by atoms with Crippen LogP contribution in [0.15, 0.2) is 54.7 Å². The summed E-state index contributed by atoms with van der Waals surface area (Å²) in [5.74, 6) is 1.56. The Balaban J connectivity index is 1.54. The fourth-order valence-corrected chi connectivity index (χ4v) is 5.81. The van der Waals surface area contributed by atoms with Crippen molar-refractivity contribution >= 4 is 17.4 Å². The summed E-state index contributed by atoms with van der Waals surface area (Å²) in [6, 6.07) is 16.3. The third-order valence-electron chi connectivity index (χ3n) is 6.62. The molecule has 2 heterocycles. The van der Waals surface area contributed by atoms with Crippen molar-refractivity contribution in [1.82, 2.24) is 10.3 Å². The first-order valence-corrected chi connectivity index (χ1v) is 12.7. The Hall–Kier alpha value is -3.40. The standard InChI is InChI=1S/C30H32ClN3O3/c1-29(2)16-19(17-30(3,4)34-29)13-25(35)21-9-10-27(24(31)14-21)37-26-8-6-7-22(23(26)18-32)20-11-12-33-28(15-20)36-5/h6-12,14-15,19,34H,13,16-17H2,1-5H3. The van der Waals surface area contributed by atoms with Gasteiger partial charge in [0, 0.05) is 40.9 Å². The lowest BCUT2D eigenvalue weighted by Crippen LogP contribution is -2.57. The summed E-state index contributed by atoms with van der Waals surface area (Å²) in [6.07, 6.45) is 3.98. The number of ether oxygens (including phenoxy) is 2. The van der Waals surface area contributed by atoms with E-state index in [1.165, 1.54) is 0 Å². The summed E-state index contributed by atoms with van der Waals surface area (Å²) < 4.78 is 11.3. The molecule has 0 spiro atoms. The van der Waals surface area contributed by atoms with Crippen molar-refractivity contribution in [2.75, 3.05) is 7.11 Å². The van der Waals surface area contributed by atoms with Crippen molar-refractivity contribution in [3.63, 3.8) is 0 Å². The van der Waals surface area contributed by atoms with Crippen molar-refractivity contribution in [2.24, 2.45) is 5.92 Å². The number of Topliss-reactive ketones (excluding diaryl/α,β-unsaturated/α-hetero) is 1. The van der Waals surface area contributed by atoms with E-state index in [1.807, 2.05) is 12.1 Å². The Morgan fingerprint density at radius 3 is 2.49 bits per heavy atom. The number of pyridine rings is 1. The van der Waals surface area contributed by atoms with E-state index in [2.05, 4.69) is 44.1 Å². The van der Waals surface area contributed by atoms with E-state index in [4.69, 9.17) is 21.1 Å². The minimum Gasteiger partial charge on any atom is -0.481 e. The molecule has 1 aromatic heterocycles. The van der Waals surface area contributed by atoms with E-state index in [0.717, 1.165) is 18.4 Å². The summed E-state index contributed by atoms with van der Waals surface area (Å²) in [4.78, 5) is 17.3. The summed E-state index contributed by atoms with van der Waals surface area (Å²) in [5.41, 5.74) is 2.36. The maximum absolute atomic E-state index is 13.1. The molecule has 0 unspecified atom stereocenters. The lowest BCUT2D eigenvalue weighted by molar-refractivity contribution is 0.0864. The van der Waals surface area contributed by atoms with E-state index in [0.29, 0.717) is 51.4 Å². The number of halogens is 1. The normalized spacial score (nSPS) is 16.6. The van der Waals surface area contributed by atoms with Gasteiger partial charge in [0.05, 0.1) is 12.1 Å². The molecular weight excluding hydrogens is 486 g/mol. The van der Waals surface area contributed by atoms with E-state index in [9.17, 15) is 10.1 Å². The van der Waals surface area contributed by atoms with Gasteiger partial charge in [-0.3, -0.25) is 4.79 Å². The maximum Gasteiger partial charge on any atom is 0.213 e. The second kappa shape index (κ2) is 10.5. The summed E-state index contributed by atoms with van der Waals surface area (Å²) in [5, 5.41) is 13.9. The molecule has 0 bridgehead atoms. The molecule has 192 valence electrons. The van der Waals surface area contributed by atoms with Gasteiger partial charge in [-0.05, 0) is 82.3 Å². The third kappa shape index (κ3) is 6.30. The van der Waals surface area contributed by atoms with Crippen LogP contribution in [-0.4, -0.2) is 29.0 Å². The third-order valence-corrected chi connectivity index (χ3v) is 6.91. The fourth-order valence-electron chi connectivity index (χ4n) is 5.59. The van der Waals surface area contributed by atoms with Crippen LogP contribution in [0.25, 0.3) is 11.1 Å². The van der Waals surface area contributed by atoms with Gasteiger partial charge in [0.2, 0.25) is 5.88 Å². The van der Waals surface area contributed by atoms with Crippen LogP contribution in [0.5, 0.6) is 17.4 Å². The Kier molecular flexibility index (Phi) is 7.59. The molecule has 2 aromatic carbocycles. The lowest BCUT2D eigenvalue weighted by atomic mass is 9.74. The monoisotopic (exact) mass is 517 g/mol. The highest BCUT2D eigenvalue weighted by atomic mass is 35.5. The molecule has 1 aliphatic heterocycles. The molecule has 1 fully saturated rings. The van der Waals surface area contributed by atoms with Crippen molar-refractivity contribution in [3.8, 4) is 34.6 Å². The van der Waals surface area contributed by atoms with Crippen molar-refractivity contribution in [1.29, 1.82) is 5.26 Å². The number of nitrogens with one attached hydrogen (secondary N) is 1. The molecular formula is C30H32ClN3O3. The van der Waals surface area contributed by atoms with E-state index < -0.39 is 0 Å². The first-order chi connectivity index (χ1) is 17.5. The van der Waals surface area contributed by atoms with Crippen molar-refractivity contribution in [2.45, 2.75) is 58.0 Å². The Morgan fingerprint density at radius 1 is 1.11 bits per heavy atom. The van der Waals surface area contributed by atoms with Crippen LogP contribution in [-0.2, 0) is 0 Å². The zero-order chi connectivity index (χ0) is 26.8. The van der Waals surface area contributed by atoms with Gasteiger partial charge in [-0.25, -0.2) is 4.98 Å². The Bertz CT molecular complexity index is 1340. The van der Waals surface area contributed by atoms with Gasteiger partial charge in [-0.1, -0.05) is 23.7 Å². The number of nitrogens with zero attached hydrogens (tertiary/aromatic N) is 2. The SMILES string of the molecule is COc1cc(-c2cccc(Oc3ccc(C(=O)CC4CC(C)(C)NC(C)(C)C4)cc3Cl)c2C#N)ccn1. The Morgan fingerprint density at radius 2 is 1.84 bits per heavy atom. The van der Waals surface area contributed by atoms with Gasteiger partial charge >= 0.3 is 0 Å². The minimum atomic E-state index is -0.0174. The van der Waals surface area contributed by atoms with Crippen LogP contribution in [0.2, 0.25) is 5.02 Å². The minimum absolute atomic E-state index is 0.0174. The van der Waals surface area contributed by atoms with Crippen LogP contribution < -0.4 is 14.8 Å². The highest BCUT2D eigenvalue weighted by molar-refractivity contribution is 6.32. The number of ketones is 1. The molecule has 0 aliphatic carbocycles. The molecule has 3 aromatic rings. The number of nitriles is 1. The van der Waals surface area contributed by atoms with E-state index in [1.54, 1.807) is 49.7 Å². The molecule has 1 aliphatic rings. The number of carbonyl (C=O) groups is 1. The Labute approximate surface area is 223 Å². The number of aromatic nitrogens is 1. The van der Waals surface area contributed by atoms with Crippen LogP contribution in [0, 0.1) is 17.2 Å². The number of methoxy groups -OCH3 is 1. The van der Waals surface area contributed by atoms with Gasteiger partial charge in [0.25, 0.3) is 0 Å². The molecule has 0 atom stereocenters. The van der Waals surface area contributed by atoms with Gasteiger partial charge in [0.15, 0.2) is 5.78 Å². The molecule has 6 nitrogen and oxygen atoms in total. The second-order valence-electron chi connectivity index (χ2n) is 10.9. The zero-order valence-corrected chi connectivity index (χ0v) is 22.6. The highest BCUT2D eigenvalue weighted by Gasteiger charge is 2.38. The number of hydrogen-bond donors (Lipinski definition) is 1. The maximum atomic E-state index is 13.1. The number of carbonyl (C=O) groups excluding carboxylic acids is 1. The second-order valence-corrected chi connectivity index (χ2v) is 11.3. The fraction of sp³-hybridized carbons (Fsp3) is 0.367. The predicted molar refractivity (Wildman–Crippen MR) is 145 cm³/mol. The van der Waals surface area contributed by atoms with Crippen LogP contribution in [0.3, 0.4) is 0 Å². The first kappa shape index (κ1) is 26.7. The van der Waals surface area contributed by atoms with Crippen LogP contribution >= 0.6 is 11.6 Å². The van der Waals surface area contributed by atoms with Gasteiger partial charge < -0.3 is 14.8 Å². The molecule has 1 saturated heterocycles. The quantitative estimate of drug-likeness (QED) is 0.333. The van der Waals surface area contributed by atoms with Crippen molar-refractivity contribution in [3.05, 3.63) is 70.9 Å². The largest absolute Gasteiger partial charge is 0.481 e. The average Bonchev–Trinajstić information content (AvgIpc) is 2.83. The van der Waals surface area contributed by atoms with Crippen molar-refractivity contribution < 1.29 is 14.3 Å². The molecule has 7 heteroatoms. The summed E-state index contributed by atoms with van der Waals surface area (Å²) >= 11 is 6.55.